The molecule has 1 unspecified atom stereocenters. The molecule has 0 aliphatic rings. The number of rotatable bonds is 13. The summed E-state index contributed by atoms with van der Waals surface area (Å²) < 4.78 is 5.56. The summed E-state index contributed by atoms with van der Waals surface area (Å²) in [7, 11) is 0. The van der Waals surface area contributed by atoms with Gasteiger partial charge in [-0.3, -0.25) is 14.4 Å². The molecule has 2 rings (SSSR count). The van der Waals surface area contributed by atoms with Gasteiger partial charge < -0.3 is 20.3 Å². The number of carbonyl (C=O) groups excluding carboxylic acids is 2. The maximum absolute atomic E-state index is 12.6. The Bertz CT molecular complexity index is 1050. The fourth-order valence-corrected chi connectivity index (χ4v) is 2.93. The summed E-state index contributed by atoms with van der Waals surface area (Å²) >= 11 is 4.55. The van der Waals surface area contributed by atoms with Crippen LogP contribution in [0.25, 0.3) is 0 Å². The highest BCUT2D eigenvalue weighted by molar-refractivity contribution is 7.78. The zero-order valence-corrected chi connectivity index (χ0v) is 18.3. The Hall–Kier alpha value is -3.88. The molecule has 0 bridgehead atoms. The molecule has 33 heavy (non-hydrogen) atoms. The van der Waals surface area contributed by atoms with Crippen LogP contribution in [0.2, 0.25) is 0 Å². The summed E-state index contributed by atoms with van der Waals surface area (Å²) in [4.78, 5) is 50.0. The lowest BCUT2D eigenvalue weighted by molar-refractivity contribution is -0.143. The van der Waals surface area contributed by atoms with Gasteiger partial charge in [-0.2, -0.15) is 4.99 Å². The highest BCUT2D eigenvalue weighted by Gasteiger charge is 2.20. The van der Waals surface area contributed by atoms with Crippen LogP contribution in [0, 0.1) is 0 Å². The lowest BCUT2D eigenvalue weighted by atomic mass is 10.0. The number of aliphatic carboxylic acids is 2. The lowest BCUT2D eigenvalue weighted by Gasteiger charge is -2.13. The second-order valence-corrected chi connectivity index (χ2v) is 7.13. The van der Waals surface area contributed by atoms with Gasteiger partial charge in [-0.25, -0.2) is 4.79 Å². The molecule has 10 heteroatoms. The van der Waals surface area contributed by atoms with Crippen molar-refractivity contribution in [3.8, 4) is 5.75 Å². The molecule has 0 saturated heterocycles. The van der Waals surface area contributed by atoms with Crippen LogP contribution in [0.3, 0.4) is 0 Å². The van der Waals surface area contributed by atoms with Gasteiger partial charge in [0.1, 0.15) is 11.8 Å². The van der Waals surface area contributed by atoms with Crippen LogP contribution < -0.4 is 10.1 Å². The molecule has 0 aliphatic carbocycles. The Labute approximate surface area is 195 Å². The smallest absolute Gasteiger partial charge is 0.326 e. The third-order valence-corrected chi connectivity index (χ3v) is 4.61. The second kappa shape index (κ2) is 12.8. The molecule has 2 aromatic rings. The van der Waals surface area contributed by atoms with E-state index < -0.39 is 23.9 Å². The SMILES string of the molecule is O=C(O)CCC(NC(=O)CCCOc1ccc(C(=O)c2ccc(N=C=S)cc2)cc1)C(=O)O. The number of hydrogen-bond acceptors (Lipinski definition) is 7. The van der Waals surface area contributed by atoms with Gasteiger partial charge in [0.15, 0.2) is 5.78 Å². The third kappa shape index (κ3) is 8.64. The van der Waals surface area contributed by atoms with Gasteiger partial charge in [-0.05, 0) is 73.6 Å². The number of hydrogen-bond donors (Lipinski definition) is 3. The number of carboxylic acid groups (broad SMARTS) is 2. The quantitative estimate of drug-likeness (QED) is 0.175. The molecule has 172 valence electrons. The van der Waals surface area contributed by atoms with Crippen molar-refractivity contribution in [1.29, 1.82) is 0 Å². The number of nitrogens with one attached hydrogen (secondary N) is 1. The minimum absolute atomic E-state index is 0.0245. The van der Waals surface area contributed by atoms with Crippen LogP contribution >= 0.6 is 12.2 Å². The van der Waals surface area contributed by atoms with E-state index in [1.807, 2.05) is 0 Å². The average molecular weight is 471 g/mol. The van der Waals surface area contributed by atoms with Gasteiger partial charge in [0.25, 0.3) is 0 Å². The van der Waals surface area contributed by atoms with Crippen LogP contribution in [-0.2, 0) is 14.4 Å². The Morgan fingerprint density at radius 3 is 2.12 bits per heavy atom. The van der Waals surface area contributed by atoms with E-state index in [1.54, 1.807) is 48.5 Å². The molecule has 0 saturated carbocycles. The molecule has 2 aromatic carbocycles. The Balaban J connectivity index is 1.79. The van der Waals surface area contributed by atoms with Gasteiger partial charge in [0.2, 0.25) is 5.91 Å². The van der Waals surface area contributed by atoms with Crippen molar-refractivity contribution in [3.63, 3.8) is 0 Å². The van der Waals surface area contributed by atoms with Crippen molar-refractivity contribution in [3.05, 3.63) is 59.7 Å². The number of thiocarbonyl (C=S) groups is 1. The van der Waals surface area contributed by atoms with Crippen LogP contribution in [0.4, 0.5) is 5.69 Å². The Kier molecular flexibility index (Phi) is 9.88. The molecular weight excluding hydrogens is 448 g/mol. The number of aliphatic imine (C=N–C) groups is 1. The van der Waals surface area contributed by atoms with Crippen LogP contribution in [0.15, 0.2) is 53.5 Å². The van der Waals surface area contributed by atoms with E-state index in [1.165, 1.54) is 0 Å². The number of benzene rings is 2. The number of ether oxygens (including phenoxy) is 1. The van der Waals surface area contributed by atoms with E-state index in [9.17, 15) is 19.2 Å². The monoisotopic (exact) mass is 470 g/mol. The number of isothiocyanates is 1. The van der Waals surface area contributed by atoms with E-state index in [2.05, 4.69) is 27.7 Å². The molecule has 0 fully saturated rings. The summed E-state index contributed by atoms with van der Waals surface area (Å²) in [5.41, 5.74) is 1.59. The third-order valence-electron chi connectivity index (χ3n) is 4.52. The molecule has 0 aromatic heterocycles. The lowest BCUT2D eigenvalue weighted by Crippen LogP contribution is -2.41. The number of carboxylic acids is 2. The van der Waals surface area contributed by atoms with E-state index in [0.29, 0.717) is 29.0 Å². The predicted octanol–water partition coefficient (Wildman–Crippen LogP) is 3.25. The second-order valence-electron chi connectivity index (χ2n) is 6.95. The molecule has 0 heterocycles. The fraction of sp³-hybridized carbons (Fsp3) is 0.261. The van der Waals surface area contributed by atoms with Crippen molar-refractivity contribution < 1.29 is 34.1 Å². The van der Waals surface area contributed by atoms with Gasteiger partial charge >= 0.3 is 11.9 Å². The molecule has 1 atom stereocenters. The van der Waals surface area contributed by atoms with Gasteiger partial charge in [0.05, 0.1) is 17.5 Å². The molecule has 0 spiro atoms. The first-order valence-electron chi connectivity index (χ1n) is 9.99. The summed E-state index contributed by atoms with van der Waals surface area (Å²) in [6.45, 7) is 0.204. The maximum atomic E-state index is 12.6. The fourth-order valence-electron chi connectivity index (χ4n) is 2.82. The molecule has 3 N–H and O–H groups in total. The van der Waals surface area contributed by atoms with E-state index >= 15 is 0 Å². The molecule has 0 radical (unpaired) electrons. The van der Waals surface area contributed by atoms with Crippen molar-refractivity contribution in [2.45, 2.75) is 31.7 Å². The molecule has 0 aliphatic heterocycles. The maximum Gasteiger partial charge on any atom is 0.326 e. The Morgan fingerprint density at radius 2 is 1.58 bits per heavy atom. The number of nitrogens with zero attached hydrogens (tertiary/aromatic N) is 1. The summed E-state index contributed by atoms with van der Waals surface area (Å²) in [5, 5.41) is 22.3. The largest absolute Gasteiger partial charge is 0.494 e. The van der Waals surface area contributed by atoms with Gasteiger partial charge in [-0.1, -0.05) is 0 Å². The molecular formula is C23H22N2O7S. The average Bonchev–Trinajstić information content (AvgIpc) is 2.80. The Morgan fingerprint density at radius 1 is 0.970 bits per heavy atom. The standard InChI is InChI=1S/C23H22N2O7S/c26-20(25-19(23(30)31)11-12-21(27)28)2-1-13-32-18-9-5-16(6-10-18)22(29)15-3-7-17(8-4-15)24-14-33/h3-10,19H,1-2,11-13H2,(H,25,26)(H,27,28)(H,30,31). The van der Waals surface area contributed by atoms with E-state index in [0.717, 1.165) is 0 Å². The van der Waals surface area contributed by atoms with E-state index in [4.69, 9.17) is 14.9 Å². The first-order valence-corrected chi connectivity index (χ1v) is 10.4. The van der Waals surface area contributed by atoms with Crippen molar-refractivity contribution in [2.75, 3.05) is 6.61 Å². The normalized spacial score (nSPS) is 11.0. The van der Waals surface area contributed by atoms with Gasteiger partial charge in [0, 0.05) is 24.0 Å². The first-order chi connectivity index (χ1) is 15.8. The summed E-state index contributed by atoms with van der Waals surface area (Å²) in [5.74, 6) is -2.56. The molecule has 9 nitrogen and oxygen atoms in total. The van der Waals surface area contributed by atoms with Crippen LogP contribution in [0.5, 0.6) is 5.75 Å². The highest BCUT2D eigenvalue weighted by atomic mass is 32.1. The zero-order chi connectivity index (χ0) is 24.2. The number of amides is 1. The summed E-state index contributed by atoms with van der Waals surface area (Å²) in [6.07, 6.45) is -0.194. The zero-order valence-electron chi connectivity index (χ0n) is 17.5. The van der Waals surface area contributed by atoms with Crippen molar-refractivity contribution in [2.24, 2.45) is 4.99 Å². The summed E-state index contributed by atoms with van der Waals surface area (Å²) in [6, 6.07) is 12.0. The van der Waals surface area contributed by atoms with Crippen LogP contribution in [0.1, 0.15) is 41.6 Å². The number of carbonyl (C=O) groups is 4. The highest BCUT2D eigenvalue weighted by Crippen LogP contribution is 2.18. The molecule has 1 amide bonds. The van der Waals surface area contributed by atoms with Gasteiger partial charge in [-0.15, -0.1) is 0 Å². The van der Waals surface area contributed by atoms with Crippen LogP contribution in [-0.4, -0.2) is 51.7 Å². The van der Waals surface area contributed by atoms with Crippen molar-refractivity contribution >= 4 is 46.7 Å². The predicted molar refractivity (Wildman–Crippen MR) is 122 cm³/mol. The minimum Gasteiger partial charge on any atom is -0.494 e. The van der Waals surface area contributed by atoms with Crippen molar-refractivity contribution in [1.82, 2.24) is 5.32 Å². The number of ketones is 1. The topological polar surface area (TPSA) is 142 Å². The first kappa shape index (κ1) is 25.4. The van der Waals surface area contributed by atoms with E-state index in [-0.39, 0.29) is 31.7 Å². The minimum atomic E-state index is -1.28.